The molecule has 0 aliphatic carbocycles. The molecule has 0 saturated heterocycles. The van der Waals surface area contributed by atoms with Gasteiger partial charge in [0, 0.05) is 6.08 Å². The SMILES string of the molecule is COC(=O)/C=C/c1sc(SC)c(C#N)c1N. The number of carbonyl (C=O) groups excluding carboxylic acids is 1. The fraction of sp³-hybridized carbons (Fsp3) is 0.200. The van der Waals surface area contributed by atoms with Crippen LogP contribution in [-0.2, 0) is 9.53 Å². The van der Waals surface area contributed by atoms with E-state index in [2.05, 4.69) is 10.8 Å². The smallest absolute Gasteiger partial charge is 0.330 e. The molecule has 1 aromatic heterocycles. The van der Waals surface area contributed by atoms with E-state index in [0.717, 1.165) is 4.21 Å². The lowest BCUT2D eigenvalue weighted by Crippen LogP contribution is -1.93. The molecule has 6 heteroatoms. The number of nitrogens with zero attached hydrogens (tertiary/aromatic N) is 1. The average molecular weight is 254 g/mol. The summed E-state index contributed by atoms with van der Waals surface area (Å²) in [7, 11) is 1.30. The standard InChI is InChI=1S/C10H10N2O2S2/c1-14-8(13)4-3-7-9(12)6(5-11)10(15-2)16-7/h3-4H,12H2,1-2H3/b4-3+. The molecule has 16 heavy (non-hydrogen) atoms. The number of nitriles is 1. The molecule has 0 radical (unpaired) electrons. The third-order valence-corrected chi connectivity index (χ3v) is 4.10. The molecule has 1 rings (SSSR count). The number of ether oxygens (including phenoxy) is 1. The van der Waals surface area contributed by atoms with Crippen molar-refractivity contribution in [3.63, 3.8) is 0 Å². The van der Waals surface area contributed by atoms with E-state index in [0.29, 0.717) is 16.1 Å². The number of anilines is 1. The maximum atomic E-state index is 10.9. The van der Waals surface area contributed by atoms with E-state index in [9.17, 15) is 4.79 Å². The lowest BCUT2D eigenvalue weighted by Gasteiger charge is -1.91. The topological polar surface area (TPSA) is 76.1 Å². The molecule has 0 atom stereocenters. The highest BCUT2D eigenvalue weighted by Gasteiger charge is 2.13. The zero-order valence-electron chi connectivity index (χ0n) is 8.81. The molecule has 0 spiro atoms. The molecule has 0 fully saturated rings. The van der Waals surface area contributed by atoms with Crippen LogP contribution in [0.1, 0.15) is 10.4 Å². The quantitative estimate of drug-likeness (QED) is 0.508. The molecule has 4 nitrogen and oxygen atoms in total. The van der Waals surface area contributed by atoms with E-state index in [1.54, 1.807) is 6.08 Å². The van der Waals surface area contributed by atoms with E-state index in [-0.39, 0.29) is 0 Å². The molecule has 0 aromatic carbocycles. The summed E-state index contributed by atoms with van der Waals surface area (Å²) in [4.78, 5) is 11.6. The lowest BCUT2D eigenvalue weighted by atomic mass is 10.2. The largest absolute Gasteiger partial charge is 0.466 e. The summed E-state index contributed by atoms with van der Waals surface area (Å²) in [5, 5.41) is 8.91. The second kappa shape index (κ2) is 5.58. The highest BCUT2D eigenvalue weighted by atomic mass is 32.2. The van der Waals surface area contributed by atoms with E-state index >= 15 is 0 Å². The molecule has 0 bridgehead atoms. The number of hydrogen-bond acceptors (Lipinski definition) is 6. The minimum atomic E-state index is -0.447. The van der Waals surface area contributed by atoms with Crippen molar-refractivity contribution in [1.29, 1.82) is 5.26 Å². The molecule has 0 amide bonds. The third kappa shape index (κ3) is 2.56. The Morgan fingerprint density at radius 2 is 2.38 bits per heavy atom. The molecule has 0 aliphatic heterocycles. The van der Waals surface area contributed by atoms with E-state index in [4.69, 9.17) is 11.0 Å². The first-order chi connectivity index (χ1) is 7.63. The highest BCUT2D eigenvalue weighted by molar-refractivity contribution is 8.00. The van der Waals surface area contributed by atoms with E-state index < -0.39 is 5.97 Å². The van der Waals surface area contributed by atoms with Crippen LogP contribution in [0.5, 0.6) is 0 Å². The van der Waals surface area contributed by atoms with Gasteiger partial charge in [0.05, 0.1) is 27.4 Å². The number of methoxy groups -OCH3 is 1. The zero-order valence-corrected chi connectivity index (χ0v) is 10.4. The van der Waals surface area contributed by atoms with Crippen molar-refractivity contribution in [2.45, 2.75) is 4.21 Å². The summed E-state index contributed by atoms with van der Waals surface area (Å²) < 4.78 is 5.32. The first-order valence-electron chi connectivity index (χ1n) is 4.26. The van der Waals surface area contributed by atoms with Gasteiger partial charge in [0.15, 0.2) is 0 Å². The maximum absolute atomic E-state index is 10.9. The minimum absolute atomic E-state index is 0.414. The summed E-state index contributed by atoms with van der Waals surface area (Å²) in [6.07, 6.45) is 4.72. The van der Waals surface area contributed by atoms with Crippen LogP contribution in [0.4, 0.5) is 5.69 Å². The third-order valence-electron chi connectivity index (χ3n) is 1.81. The van der Waals surface area contributed by atoms with Crippen LogP contribution in [0.3, 0.4) is 0 Å². The van der Waals surface area contributed by atoms with Crippen molar-refractivity contribution in [2.24, 2.45) is 0 Å². The molecule has 0 saturated carbocycles. The summed E-state index contributed by atoms with van der Waals surface area (Å²) in [6, 6.07) is 2.05. The van der Waals surface area contributed by atoms with Crippen molar-refractivity contribution in [3.8, 4) is 6.07 Å². The average Bonchev–Trinajstić information content (AvgIpc) is 2.62. The fourth-order valence-electron chi connectivity index (χ4n) is 1.02. The molecule has 0 unspecified atom stereocenters. The van der Waals surface area contributed by atoms with Gasteiger partial charge in [-0.2, -0.15) is 5.26 Å². The lowest BCUT2D eigenvalue weighted by molar-refractivity contribution is -0.134. The highest BCUT2D eigenvalue weighted by Crippen LogP contribution is 2.37. The minimum Gasteiger partial charge on any atom is -0.466 e. The Bertz CT molecular complexity index is 472. The van der Waals surface area contributed by atoms with Gasteiger partial charge in [-0.25, -0.2) is 4.79 Å². The summed E-state index contributed by atoms with van der Waals surface area (Å²) in [6.45, 7) is 0. The Labute approximate surface area is 102 Å². The second-order valence-corrected chi connectivity index (χ2v) is 4.84. The van der Waals surface area contributed by atoms with Gasteiger partial charge in [0.1, 0.15) is 6.07 Å². The van der Waals surface area contributed by atoms with Gasteiger partial charge in [-0.05, 0) is 12.3 Å². The summed E-state index contributed by atoms with van der Waals surface area (Å²) in [5.74, 6) is -0.447. The monoisotopic (exact) mass is 254 g/mol. The van der Waals surface area contributed by atoms with Crippen molar-refractivity contribution in [3.05, 3.63) is 16.5 Å². The number of esters is 1. The summed E-state index contributed by atoms with van der Waals surface area (Å²) >= 11 is 2.85. The maximum Gasteiger partial charge on any atom is 0.330 e. The van der Waals surface area contributed by atoms with E-state index in [1.807, 2.05) is 6.26 Å². The predicted octanol–water partition coefficient (Wildman–Crippen LogP) is 2.11. The van der Waals surface area contributed by atoms with Crippen LogP contribution in [-0.4, -0.2) is 19.3 Å². The Morgan fingerprint density at radius 3 is 2.81 bits per heavy atom. The van der Waals surface area contributed by atoms with Gasteiger partial charge in [-0.15, -0.1) is 23.1 Å². The van der Waals surface area contributed by atoms with Crippen molar-refractivity contribution in [2.75, 3.05) is 19.1 Å². The first-order valence-corrected chi connectivity index (χ1v) is 6.30. The van der Waals surface area contributed by atoms with Gasteiger partial charge in [-0.3, -0.25) is 0 Å². The molecule has 1 heterocycles. The molecule has 0 aliphatic rings. The van der Waals surface area contributed by atoms with Crippen LogP contribution in [0, 0.1) is 11.3 Å². The summed E-state index contributed by atoms with van der Waals surface area (Å²) in [5.41, 5.74) is 6.68. The normalized spacial score (nSPS) is 10.3. The van der Waals surface area contributed by atoms with Gasteiger partial charge in [-0.1, -0.05) is 0 Å². The molecule has 2 N–H and O–H groups in total. The molecular formula is C10H10N2O2S2. The van der Waals surface area contributed by atoms with Gasteiger partial charge in [0.2, 0.25) is 0 Å². The Morgan fingerprint density at radius 1 is 1.69 bits per heavy atom. The number of rotatable bonds is 3. The number of nitrogens with two attached hydrogens (primary N) is 1. The van der Waals surface area contributed by atoms with Gasteiger partial charge < -0.3 is 10.5 Å². The van der Waals surface area contributed by atoms with Crippen molar-refractivity contribution >= 4 is 40.8 Å². The molecule has 84 valence electrons. The van der Waals surface area contributed by atoms with Gasteiger partial charge >= 0.3 is 5.97 Å². The second-order valence-electron chi connectivity index (χ2n) is 2.71. The van der Waals surface area contributed by atoms with Crippen LogP contribution < -0.4 is 5.73 Å². The van der Waals surface area contributed by atoms with Crippen LogP contribution in [0.25, 0.3) is 6.08 Å². The van der Waals surface area contributed by atoms with Crippen LogP contribution in [0.2, 0.25) is 0 Å². The molecule has 1 aromatic rings. The van der Waals surface area contributed by atoms with E-state index in [1.165, 1.54) is 36.3 Å². The number of thioether (sulfide) groups is 1. The Kier molecular flexibility index (Phi) is 4.40. The number of carbonyl (C=O) groups is 1. The zero-order chi connectivity index (χ0) is 12.1. The van der Waals surface area contributed by atoms with Gasteiger partial charge in [0.25, 0.3) is 0 Å². The van der Waals surface area contributed by atoms with Crippen LogP contribution >= 0.6 is 23.1 Å². The predicted molar refractivity (Wildman–Crippen MR) is 66.3 cm³/mol. The van der Waals surface area contributed by atoms with Crippen molar-refractivity contribution in [1.82, 2.24) is 0 Å². The number of thiophene rings is 1. The van der Waals surface area contributed by atoms with Crippen molar-refractivity contribution < 1.29 is 9.53 Å². The number of nitrogen functional groups attached to an aromatic ring is 1. The number of hydrogen-bond donors (Lipinski definition) is 1. The Balaban J connectivity index is 3.08. The fourth-order valence-corrected chi connectivity index (χ4v) is 2.79. The molecular weight excluding hydrogens is 244 g/mol. The van der Waals surface area contributed by atoms with Crippen LogP contribution in [0.15, 0.2) is 10.3 Å². The first kappa shape index (κ1) is 12.6. The Hall–Kier alpha value is -1.45.